The number of nitrogens with one attached hydrogen (secondary N) is 1. The fourth-order valence-electron chi connectivity index (χ4n) is 1.90. The van der Waals surface area contributed by atoms with E-state index in [9.17, 15) is 19.8 Å². The van der Waals surface area contributed by atoms with Gasteiger partial charge in [-0.15, -0.1) is 0 Å². The van der Waals surface area contributed by atoms with Crippen LogP contribution in [0.5, 0.6) is 0 Å². The lowest BCUT2D eigenvalue weighted by atomic mass is 9.88. The Morgan fingerprint density at radius 2 is 1.77 bits per heavy atom. The molecular weight excluding hydrogens is 310 g/mol. The third-order valence-corrected chi connectivity index (χ3v) is 3.22. The maximum Gasteiger partial charge on any atom is 0.408 e. The fraction of sp³-hybridized carbons (Fsp3) is 0.467. The summed E-state index contributed by atoms with van der Waals surface area (Å²) in [6.45, 7) is 6.21. The number of rotatable bonds is 4. The summed E-state index contributed by atoms with van der Waals surface area (Å²) in [6.07, 6.45) is -0.938. The maximum absolute atomic E-state index is 11.8. The lowest BCUT2D eigenvalue weighted by molar-refractivity contribution is -0.147. The van der Waals surface area contributed by atoms with Gasteiger partial charge >= 0.3 is 12.1 Å². The molecule has 2 unspecified atom stereocenters. The van der Waals surface area contributed by atoms with Crippen molar-refractivity contribution in [1.29, 1.82) is 0 Å². The normalized spacial score (nSPS) is 15.5. The van der Waals surface area contributed by atoms with Crippen molar-refractivity contribution in [2.24, 2.45) is 0 Å². The molecule has 22 heavy (non-hydrogen) atoms. The van der Waals surface area contributed by atoms with Gasteiger partial charge in [-0.1, -0.05) is 29.8 Å². The Bertz CT molecular complexity index is 565. The SMILES string of the molecule is CC(C)(C)OC(=O)NC(C(=O)O)C(C)(O)c1ccccc1Cl. The number of hydrogen-bond acceptors (Lipinski definition) is 4. The molecule has 7 heteroatoms. The van der Waals surface area contributed by atoms with Crippen molar-refractivity contribution in [2.45, 2.75) is 44.9 Å². The smallest absolute Gasteiger partial charge is 0.408 e. The van der Waals surface area contributed by atoms with Crippen LogP contribution in [-0.2, 0) is 15.1 Å². The zero-order chi connectivity index (χ0) is 17.1. The minimum atomic E-state index is -1.92. The summed E-state index contributed by atoms with van der Waals surface area (Å²) in [5.74, 6) is -1.41. The van der Waals surface area contributed by atoms with E-state index in [1.807, 2.05) is 0 Å². The summed E-state index contributed by atoms with van der Waals surface area (Å²) in [5.41, 5.74) is -2.51. The van der Waals surface area contributed by atoms with Gasteiger partial charge in [-0.3, -0.25) is 0 Å². The molecule has 6 nitrogen and oxygen atoms in total. The summed E-state index contributed by atoms with van der Waals surface area (Å²) in [5, 5.41) is 22.3. The van der Waals surface area contributed by atoms with E-state index in [4.69, 9.17) is 16.3 Å². The Morgan fingerprint density at radius 1 is 1.23 bits per heavy atom. The molecule has 2 atom stereocenters. The molecule has 1 aromatic rings. The first-order valence-electron chi connectivity index (χ1n) is 6.65. The van der Waals surface area contributed by atoms with Crippen LogP contribution in [0.3, 0.4) is 0 Å². The highest BCUT2D eigenvalue weighted by Gasteiger charge is 2.42. The monoisotopic (exact) mass is 329 g/mol. The van der Waals surface area contributed by atoms with Crippen LogP contribution in [0.1, 0.15) is 33.3 Å². The minimum Gasteiger partial charge on any atom is -0.480 e. The van der Waals surface area contributed by atoms with E-state index >= 15 is 0 Å². The molecule has 1 amide bonds. The predicted octanol–water partition coefficient (Wildman–Crippen LogP) is 2.53. The van der Waals surface area contributed by atoms with Crippen molar-refractivity contribution < 1.29 is 24.5 Å². The van der Waals surface area contributed by atoms with Crippen molar-refractivity contribution in [3.63, 3.8) is 0 Å². The molecule has 3 N–H and O–H groups in total. The Labute approximate surface area is 134 Å². The molecule has 1 aromatic carbocycles. The molecule has 0 radical (unpaired) electrons. The van der Waals surface area contributed by atoms with Crippen molar-refractivity contribution in [3.05, 3.63) is 34.9 Å². The largest absolute Gasteiger partial charge is 0.480 e. The first-order chi connectivity index (χ1) is 9.95. The highest BCUT2D eigenvalue weighted by atomic mass is 35.5. The Balaban J connectivity index is 3.07. The number of aliphatic hydroxyl groups is 1. The lowest BCUT2D eigenvalue weighted by Crippen LogP contribution is -2.54. The summed E-state index contributed by atoms with van der Waals surface area (Å²) in [7, 11) is 0. The molecule has 0 aromatic heterocycles. The Kier molecular flexibility index (Phi) is 5.43. The second-order valence-electron chi connectivity index (χ2n) is 6.04. The van der Waals surface area contributed by atoms with Gasteiger partial charge in [0.25, 0.3) is 0 Å². The van der Waals surface area contributed by atoms with Crippen LogP contribution in [-0.4, -0.2) is 33.9 Å². The van der Waals surface area contributed by atoms with Gasteiger partial charge in [-0.05, 0) is 33.8 Å². The van der Waals surface area contributed by atoms with E-state index in [-0.39, 0.29) is 10.6 Å². The van der Waals surface area contributed by atoms with Crippen molar-refractivity contribution in [2.75, 3.05) is 0 Å². The molecule has 0 fully saturated rings. The number of halogens is 1. The minimum absolute atomic E-state index is 0.195. The van der Waals surface area contributed by atoms with Gasteiger partial charge in [-0.25, -0.2) is 9.59 Å². The fourth-order valence-corrected chi connectivity index (χ4v) is 2.22. The van der Waals surface area contributed by atoms with Crippen LogP contribution in [0.4, 0.5) is 4.79 Å². The van der Waals surface area contributed by atoms with Crippen LogP contribution in [0.2, 0.25) is 5.02 Å². The van der Waals surface area contributed by atoms with Crippen LogP contribution in [0, 0.1) is 0 Å². The molecule has 0 saturated heterocycles. The van der Waals surface area contributed by atoms with Gasteiger partial charge < -0.3 is 20.3 Å². The number of carboxylic acids is 1. The maximum atomic E-state index is 11.8. The molecule has 0 aliphatic carbocycles. The van der Waals surface area contributed by atoms with Crippen molar-refractivity contribution >= 4 is 23.7 Å². The van der Waals surface area contributed by atoms with Gasteiger partial charge in [0.2, 0.25) is 0 Å². The number of carbonyl (C=O) groups excluding carboxylic acids is 1. The molecule has 0 spiro atoms. The van der Waals surface area contributed by atoms with E-state index < -0.39 is 29.3 Å². The average molecular weight is 330 g/mol. The van der Waals surface area contributed by atoms with E-state index in [1.165, 1.54) is 19.1 Å². The summed E-state index contributed by atoms with van der Waals surface area (Å²) in [6, 6.07) is 4.66. The summed E-state index contributed by atoms with van der Waals surface area (Å²) in [4.78, 5) is 23.3. The second kappa shape index (κ2) is 6.54. The quantitative estimate of drug-likeness (QED) is 0.788. The van der Waals surface area contributed by atoms with Crippen LogP contribution < -0.4 is 5.32 Å². The number of benzene rings is 1. The highest BCUT2D eigenvalue weighted by molar-refractivity contribution is 6.31. The van der Waals surface area contributed by atoms with Gasteiger partial charge in [0.05, 0.1) is 0 Å². The van der Waals surface area contributed by atoms with Crippen molar-refractivity contribution in [3.8, 4) is 0 Å². The second-order valence-corrected chi connectivity index (χ2v) is 6.45. The predicted molar refractivity (Wildman–Crippen MR) is 81.8 cm³/mol. The number of carbonyl (C=O) groups is 2. The molecule has 0 aliphatic rings. The molecular formula is C15H20ClNO5. The first kappa shape index (κ1) is 18.3. The molecule has 0 saturated carbocycles. The third kappa shape index (κ3) is 4.61. The third-order valence-electron chi connectivity index (χ3n) is 2.89. The van der Waals surface area contributed by atoms with E-state index in [2.05, 4.69) is 5.32 Å². The Morgan fingerprint density at radius 3 is 2.23 bits per heavy atom. The lowest BCUT2D eigenvalue weighted by Gasteiger charge is -2.32. The van der Waals surface area contributed by atoms with Gasteiger partial charge in [-0.2, -0.15) is 0 Å². The number of hydrogen-bond donors (Lipinski definition) is 3. The van der Waals surface area contributed by atoms with Gasteiger partial charge in [0.1, 0.15) is 11.2 Å². The topological polar surface area (TPSA) is 95.9 Å². The number of aliphatic carboxylic acids is 1. The van der Waals surface area contributed by atoms with Crippen LogP contribution >= 0.6 is 11.6 Å². The van der Waals surface area contributed by atoms with Crippen LogP contribution in [0.25, 0.3) is 0 Å². The average Bonchev–Trinajstić information content (AvgIpc) is 2.33. The molecule has 1 rings (SSSR count). The van der Waals surface area contributed by atoms with Gasteiger partial charge in [0.15, 0.2) is 6.04 Å². The molecule has 122 valence electrons. The molecule has 0 aliphatic heterocycles. The van der Waals surface area contributed by atoms with Gasteiger partial charge in [0, 0.05) is 10.6 Å². The first-order valence-corrected chi connectivity index (χ1v) is 7.02. The number of ether oxygens (including phenoxy) is 1. The summed E-state index contributed by atoms with van der Waals surface area (Å²) >= 11 is 6.00. The standard InChI is InChI=1S/C15H20ClNO5/c1-14(2,3)22-13(20)17-11(12(18)19)15(4,21)9-7-5-6-8-10(9)16/h5-8,11,21H,1-4H3,(H,17,20)(H,18,19). The summed E-state index contributed by atoms with van der Waals surface area (Å²) < 4.78 is 5.02. The number of amides is 1. The highest BCUT2D eigenvalue weighted by Crippen LogP contribution is 2.31. The van der Waals surface area contributed by atoms with E-state index in [1.54, 1.807) is 32.9 Å². The van der Waals surface area contributed by atoms with Crippen molar-refractivity contribution in [1.82, 2.24) is 5.32 Å². The number of carboxylic acid groups (broad SMARTS) is 1. The number of alkyl carbamates (subject to hydrolysis) is 1. The zero-order valence-corrected chi connectivity index (χ0v) is 13.6. The Hall–Kier alpha value is -1.79. The van der Waals surface area contributed by atoms with Crippen LogP contribution in [0.15, 0.2) is 24.3 Å². The molecule has 0 heterocycles. The van der Waals surface area contributed by atoms with E-state index in [0.29, 0.717) is 0 Å². The van der Waals surface area contributed by atoms with E-state index in [0.717, 1.165) is 0 Å². The molecule has 0 bridgehead atoms. The zero-order valence-electron chi connectivity index (χ0n) is 12.9.